The van der Waals surface area contributed by atoms with E-state index in [0.29, 0.717) is 37.8 Å². The number of fused-ring (bicyclic) bond motifs is 1. The molecule has 9 heteroatoms. The van der Waals surface area contributed by atoms with E-state index in [-0.39, 0.29) is 10.6 Å². The van der Waals surface area contributed by atoms with Crippen LogP contribution in [0.25, 0.3) is 0 Å². The predicted molar refractivity (Wildman–Crippen MR) is 124 cm³/mol. The number of methoxy groups -OCH3 is 1. The number of ether oxygens (including phenoxy) is 3. The number of nitrogens with zero attached hydrogens (tertiary/aromatic N) is 1. The Balaban J connectivity index is 1.49. The minimum Gasteiger partial charge on any atom is -0.495 e. The van der Waals surface area contributed by atoms with Crippen LogP contribution in [0.5, 0.6) is 11.5 Å². The highest BCUT2D eigenvalue weighted by Crippen LogP contribution is 2.30. The molecule has 1 heterocycles. The van der Waals surface area contributed by atoms with Gasteiger partial charge in [-0.25, -0.2) is 8.42 Å². The number of anilines is 1. The van der Waals surface area contributed by atoms with Crippen molar-refractivity contribution in [1.82, 2.24) is 4.31 Å². The van der Waals surface area contributed by atoms with Gasteiger partial charge in [-0.05, 0) is 74.1 Å². The average molecular weight is 475 g/mol. The van der Waals surface area contributed by atoms with Crippen molar-refractivity contribution in [2.24, 2.45) is 0 Å². The molecule has 1 N–H and O–H groups in total. The van der Waals surface area contributed by atoms with Crippen LogP contribution in [0.1, 0.15) is 30.9 Å². The predicted octanol–water partition coefficient (Wildman–Crippen LogP) is 3.00. The zero-order valence-electron chi connectivity index (χ0n) is 19.0. The molecular formula is C24H30N2O6S. The third-order valence-electron chi connectivity index (χ3n) is 6.04. The molecule has 33 heavy (non-hydrogen) atoms. The first-order valence-corrected chi connectivity index (χ1v) is 12.7. The standard InChI is InChI=1S/C24H30N2O6S/c1-17(32-20-8-7-18-5-3-4-6-19(18)15-20)24(27)25-22-16-21(9-10-23(22)30-2)33(28,29)26-11-13-31-14-12-26/h7-10,15-17H,3-6,11-14H2,1-2H3,(H,25,27)/t17-/m0/s1. The topological polar surface area (TPSA) is 94.2 Å². The van der Waals surface area contributed by atoms with Gasteiger partial charge in [0.25, 0.3) is 5.91 Å². The Hall–Kier alpha value is -2.62. The molecule has 1 amide bonds. The molecule has 8 nitrogen and oxygen atoms in total. The van der Waals surface area contributed by atoms with Gasteiger partial charge in [-0.1, -0.05) is 6.07 Å². The van der Waals surface area contributed by atoms with Gasteiger partial charge in [-0.3, -0.25) is 4.79 Å². The molecule has 0 radical (unpaired) electrons. The summed E-state index contributed by atoms with van der Waals surface area (Å²) in [7, 11) is -2.24. The molecular weight excluding hydrogens is 444 g/mol. The first-order chi connectivity index (χ1) is 15.9. The second-order valence-corrected chi connectivity index (χ2v) is 10.2. The van der Waals surface area contributed by atoms with Crippen molar-refractivity contribution in [3.05, 3.63) is 47.5 Å². The van der Waals surface area contributed by atoms with Gasteiger partial charge in [0, 0.05) is 13.1 Å². The summed E-state index contributed by atoms with van der Waals surface area (Å²) in [6, 6.07) is 10.4. The Kier molecular flexibility index (Phi) is 7.21. The van der Waals surface area contributed by atoms with Crippen molar-refractivity contribution in [2.75, 3.05) is 38.7 Å². The number of hydrogen-bond acceptors (Lipinski definition) is 6. The first-order valence-electron chi connectivity index (χ1n) is 11.2. The van der Waals surface area contributed by atoms with Crippen LogP contribution in [0.15, 0.2) is 41.3 Å². The molecule has 4 rings (SSSR count). The number of aryl methyl sites for hydroxylation is 2. The average Bonchev–Trinajstić information content (AvgIpc) is 2.84. The van der Waals surface area contributed by atoms with Gasteiger partial charge in [0.05, 0.1) is 30.9 Å². The SMILES string of the molecule is COc1ccc(S(=O)(=O)N2CCOCC2)cc1NC(=O)[C@H](C)Oc1ccc2c(c1)CCCC2. The zero-order valence-corrected chi connectivity index (χ0v) is 19.8. The van der Waals surface area contributed by atoms with E-state index >= 15 is 0 Å². The van der Waals surface area contributed by atoms with Crippen molar-refractivity contribution in [2.45, 2.75) is 43.6 Å². The number of benzene rings is 2. The molecule has 1 aliphatic carbocycles. The van der Waals surface area contributed by atoms with Crippen LogP contribution < -0.4 is 14.8 Å². The highest BCUT2D eigenvalue weighted by Gasteiger charge is 2.28. The summed E-state index contributed by atoms with van der Waals surface area (Å²) in [6.07, 6.45) is 3.68. The third-order valence-corrected chi connectivity index (χ3v) is 7.93. The van der Waals surface area contributed by atoms with Crippen molar-refractivity contribution >= 4 is 21.6 Å². The Labute approximate surface area is 194 Å². The highest BCUT2D eigenvalue weighted by atomic mass is 32.2. The lowest BCUT2D eigenvalue weighted by Crippen LogP contribution is -2.40. The Morgan fingerprint density at radius 2 is 1.79 bits per heavy atom. The fourth-order valence-corrected chi connectivity index (χ4v) is 5.59. The fraction of sp³-hybridized carbons (Fsp3) is 0.458. The lowest BCUT2D eigenvalue weighted by Gasteiger charge is -2.26. The molecule has 1 fully saturated rings. The summed E-state index contributed by atoms with van der Waals surface area (Å²) < 4.78 is 43.9. The lowest BCUT2D eigenvalue weighted by atomic mass is 9.92. The number of morpholine rings is 1. The third kappa shape index (κ3) is 5.31. The molecule has 1 aliphatic heterocycles. The number of nitrogens with one attached hydrogen (secondary N) is 1. The van der Waals surface area contributed by atoms with Gasteiger partial charge in [0.15, 0.2) is 6.10 Å². The summed E-state index contributed by atoms with van der Waals surface area (Å²) in [5, 5.41) is 2.76. The number of carbonyl (C=O) groups is 1. The summed E-state index contributed by atoms with van der Waals surface area (Å²) in [6.45, 7) is 2.96. The molecule has 0 bridgehead atoms. The van der Waals surface area contributed by atoms with Crippen molar-refractivity contribution in [3.8, 4) is 11.5 Å². The van der Waals surface area contributed by atoms with Crippen LogP contribution in [-0.2, 0) is 32.4 Å². The zero-order chi connectivity index (χ0) is 23.4. The molecule has 2 aliphatic rings. The molecule has 1 saturated heterocycles. The Bertz CT molecular complexity index is 1110. The normalized spacial score (nSPS) is 17.6. The van der Waals surface area contributed by atoms with Crippen LogP contribution in [0, 0.1) is 0 Å². The van der Waals surface area contributed by atoms with E-state index in [0.717, 1.165) is 19.3 Å². The quantitative estimate of drug-likeness (QED) is 0.663. The van der Waals surface area contributed by atoms with E-state index in [1.165, 1.54) is 47.2 Å². The minimum absolute atomic E-state index is 0.0868. The maximum Gasteiger partial charge on any atom is 0.265 e. The first kappa shape index (κ1) is 23.5. The molecule has 1 atom stereocenters. The van der Waals surface area contributed by atoms with Crippen LogP contribution in [0.2, 0.25) is 0 Å². The number of carbonyl (C=O) groups excluding carboxylic acids is 1. The van der Waals surface area contributed by atoms with Gasteiger partial charge < -0.3 is 19.5 Å². The van der Waals surface area contributed by atoms with E-state index < -0.39 is 22.0 Å². The summed E-state index contributed by atoms with van der Waals surface area (Å²) in [5.74, 6) is 0.617. The maximum atomic E-state index is 13.0. The fourth-order valence-electron chi connectivity index (χ4n) is 4.16. The van der Waals surface area contributed by atoms with E-state index in [2.05, 4.69) is 11.4 Å². The van der Waals surface area contributed by atoms with Crippen molar-refractivity contribution < 1.29 is 27.4 Å². The number of sulfonamides is 1. The molecule has 0 unspecified atom stereocenters. The van der Waals surface area contributed by atoms with Crippen molar-refractivity contribution in [1.29, 1.82) is 0 Å². The molecule has 0 spiro atoms. The second kappa shape index (κ2) is 10.1. The molecule has 2 aromatic rings. The summed E-state index contributed by atoms with van der Waals surface area (Å²) in [4.78, 5) is 13.0. The number of hydrogen-bond donors (Lipinski definition) is 1. The molecule has 0 aromatic heterocycles. The van der Waals surface area contributed by atoms with Crippen LogP contribution in [-0.4, -0.2) is 58.1 Å². The van der Waals surface area contributed by atoms with Crippen molar-refractivity contribution in [3.63, 3.8) is 0 Å². The van der Waals surface area contributed by atoms with E-state index in [9.17, 15) is 13.2 Å². The number of rotatable bonds is 7. The van der Waals surface area contributed by atoms with Crippen LogP contribution >= 0.6 is 0 Å². The Morgan fingerprint density at radius 1 is 1.06 bits per heavy atom. The van der Waals surface area contributed by atoms with Gasteiger partial charge in [-0.2, -0.15) is 4.31 Å². The van der Waals surface area contributed by atoms with Crippen LogP contribution in [0.3, 0.4) is 0 Å². The highest BCUT2D eigenvalue weighted by molar-refractivity contribution is 7.89. The maximum absolute atomic E-state index is 13.0. The largest absolute Gasteiger partial charge is 0.495 e. The van der Waals surface area contributed by atoms with Gasteiger partial charge in [-0.15, -0.1) is 0 Å². The van der Waals surface area contributed by atoms with Gasteiger partial charge in [0.1, 0.15) is 11.5 Å². The molecule has 0 saturated carbocycles. The summed E-state index contributed by atoms with van der Waals surface area (Å²) in [5.41, 5.74) is 2.89. The van der Waals surface area contributed by atoms with E-state index in [4.69, 9.17) is 14.2 Å². The lowest BCUT2D eigenvalue weighted by molar-refractivity contribution is -0.122. The van der Waals surface area contributed by atoms with Gasteiger partial charge >= 0.3 is 0 Å². The second-order valence-electron chi connectivity index (χ2n) is 8.27. The van der Waals surface area contributed by atoms with Crippen LogP contribution in [0.4, 0.5) is 5.69 Å². The summed E-state index contributed by atoms with van der Waals surface area (Å²) >= 11 is 0. The van der Waals surface area contributed by atoms with Gasteiger partial charge in [0.2, 0.25) is 10.0 Å². The van der Waals surface area contributed by atoms with E-state index in [1.807, 2.05) is 12.1 Å². The smallest absolute Gasteiger partial charge is 0.265 e. The Morgan fingerprint density at radius 3 is 2.52 bits per heavy atom. The molecule has 2 aromatic carbocycles. The monoisotopic (exact) mass is 474 g/mol. The number of amides is 1. The molecule has 178 valence electrons. The van der Waals surface area contributed by atoms with E-state index in [1.54, 1.807) is 6.92 Å². The minimum atomic E-state index is -3.71.